The van der Waals surface area contributed by atoms with Crippen LogP contribution in [0.4, 0.5) is 5.69 Å². The number of carbonyl (C=O) groups is 1. The van der Waals surface area contributed by atoms with E-state index in [-0.39, 0.29) is 5.78 Å². The van der Waals surface area contributed by atoms with Gasteiger partial charge in [-0.15, -0.1) is 0 Å². The second-order valence-corrected chi connectivity index (χ2v) is 4.00. The third-order valence-electron chi connectivity index (χ3n) is 2.81. The highest BCUT2D eigenvalue weighted by Gasteiger charge is 2.23. The van der Waals surface area contributed by atoms with Crippen molar-refractivity contribution in [2.75, 3.05) is 5.32 Å². The summed E-state index contributed by atoms with van der Waals surface area (Å²) < 4.78 is 0. The van der Waals surface area contributed by atoms with E-state index in [9.17, 15) is 4.79 Å². The van der Waals surface area contributed by atoms with Crippen molar-refractivity contribution in [3.63, 3.8) is 0 Å². The number of rotatable bonds is 1. The van der Waals surface area contributed by atoms with E-state index < -0.39 is 0 Å². The van der Waals surface area contributed by atoms with Crippen LogP contribution < -0.4 is 5.32 Å². The number of H-pyrrole nitrogens is 1. The fraction of sp³-hybridized carbons (Fsp3) is 0. The van der Waals surface area contributed by atoms with E-state index in [4.69, 9.17) is 5.26 Å². The van der Waals surface area contributed by atoms with Crippen LogP contribution in [-0.2, 0) is 0 Å². The molecule has 2 N–H and O–H groups in total. The predicted octanol–water partition coefficient (Wildman–Crippen LogP) is 2.54. The Morgan fingerprint density at radius 1 is 1.17 bits per heavy atom. The first kappa shape index (κ1) is 10.4. The first-order valence-corrected chi connectivity index (χ1v) is 5.49. The van der Waals surface area contributed by atoms with Gasteiger partial charge < -0.3 is 10.3 Å². The Balaban J connectivity index is 1.97. The van der Waals surface area contributed by atoms with Crippen molar-refractivity contribution in [3.05, 3.63) is 59.0 Å². The second-order valence-electron chi connectivity index (χ2n) is 4.00. The van der Waals surface area contributed by atoms with Gasteiger partial charge in [-0.25, -0.2) is 0 Å². The molecule has 0 spiro atoms. The minimum atomic E-state index is -0.0290. The summed E-state index contributed by atoms with van der Waals surface area (Å²) in [6.07, 6.45) is 1.71. The number of carbonyl (C=O) groups excluding carboxylic acids is 1. The predicted molar refractivity (Wildman–Crippen MR) is 67.9 cm³/mol. The average molecular weight is 235 g/mol. The number of Topliss-reactive ketones (excluding diaryl/α,β-unsaturated/α-hetero) is 1. The normalized spacial score (nSPS) is 15.3. The molecular weight excluding hydrogens is 226 g/mol. The molecule has 1 aliphatic rings. The Labute approximate surface area is 104 Å². The molecule has 1 aromatic carbocycles. The highest BCUT2D eigenvalue weighted by atomic mass is 16.1. The van der Waals surface area contributed by atoms with Crippen LogP contribution in [0.1, 0.15) is 21.7 Å². The maximum Gasteiger partial charge on any atom is 0.211 e. The smallest absolute Gasteiger partial charge is 0.211 e. The van der Waals surface area contributed by atoms with Crippen LogP contribution in [0, 0.1) is 11.3 Å². The van der Waals surface area contributed by atoms with Gasteiger partial charge in [-0.1, -0.05) is 12.1 Å². The Morgan fingerprint density at radius 3 is 2.72 bits per heavy atom. The summed E-state index contributed by atoms with van der Waals surface area (Å²) in [5, 5.41) is 11.8. The summed E-state index contributed by atoms with van der Waals surface area (Å²) >= 11 is 0. The summed E-state index contributed by atoms with van der Waals surface area (Å²) in [4.78, 5) is 15.0. The van der Waals surface area contributed by atoms with Crippen molar-refractivity contribution in [3.8, 4) is 6.07 Å². The zero-order valence-electron chi connectivity index (χ0n) is 9.40. The number of allylic oxidation sites excluding steroid dienone is 1. The largest absolute Gasteiger partial charge is 0.352 e. The van der Waals surface area contributed by atoms with Crippen LogP contribution in [0.2, 0.25) is 0 Å². The van der Waals surface area contributed by atoms with E-state index >= 15 is 0 Å². The van der Waals surface area contributed by atoms with E-state index in [1.165, 1.54) is 0 Å². The van der Waals surface area contributed by atoms with Crippen LogP contribution in [-0.4, -0.2) is 10.8 Å². The summed E-state index contributed by atoms with van der Waals surface area (Å²) in [5.41, 5.74) is 3.22. The summed E-state index contributed by atoms with van der Waals surface area (Å²) in [7, 11) is 0. The Morgan fingerprint density at radius 2 is 2.00 bits per heavy atom. The minimum Gasteiger partial charge on any atom is -0.352 e. The van der Waals surface area contributed by atoms with Gasteiger partial charge in [0, 0.05) is 16.9 Å². The number of nitriles is 1. The molecule has 0 aliphatic carbocycles. The van der Waals surface area contributed by atoms with Crippen LogP contribution >= 0.6 is 0 Å². The second kappa shape index (κ2) is 3.90. The number of fused-ring (bicyclic) bond motifs is 1. The molecule has 1 aromatic heterocycles. The number of benzene rings is 1. The SMILES string of the molecule is N#Cc1ccc(C=C2Nc3ccccc3C2=O)[nH]1. The minimum absolute atomic E-state index is 0.0290. The molecule has 4 heteroatoms. The highest BCUT2D eigenvalue weighted by molar-refractivity contribution is 6.20. The number of nitrogens with zero attached hydrogens (tertiary/aromatic N) is 1. The molecule has 86 valence electrons. The van der Waals surface area contributed by atoms with Crippen molar-refractivity contribution in [1.29, 1.82) is 5.26 Å². The maximum atomic E-state index is 12.1. The fourth-order valence-corrected chi connectivity index (χ4v) is 1.96. The molecule has 0 atom stereocenters. The van der Waals surface area contributed by atoms with Crippen LogP contribution in [0.15, 0.2) is 42.1 Å². The topological polar surface area (TPSA) is 68.7 Å². The molecule has 18 heavy (non-hydrogen) atoms. The average Bonchev–Trinajstić information content (AvgIpc) is 2.97. The van der Waals surface area contributed by atoms with Gasteiger partial charge >= 0.3 is 0 Å². The quantitative estimate of drug-likeness (QED) is 0.746. The number of anilines is 1. The molecule has 0 fully saturated rings. The van der Waals surface area contributed by atoms with E-state index in [1.54, 1.807) is 24.3 Å². The standard InChI is InChI=1S/C14H9N3O/c15-8-10-6-5-9(16-10)7-13-14(18)11-3-1-2-4-12(11)17-13/h1-7,16-17H. The van der Waals surface area contributed by atoms with Crippen LogP contribution in [0.3, 0.4) is 0 Å². The Hall–Kier alpha value is -2.80. The van der Waals surface area contributed by atoms with E-state index in [0.29, 0.717) is 17.0 Å². The molecule has 0 unspecified atom stereocenters. The number of ketones is 1. The number of aromatic amines is 1. The molecule has 0 bridgehead atoms. The molecule has 0 amide bonds. The fourth-order valence-electron chi connectivity index (χ4n) is 1.96. The number of para-hydroxylation sites is 1. The van der Waals surface area contributed by atoms with Gasteiger partial charge in [0.1, 0.15) is 11.8 Å². The lowest BCUT2D eigenvalue weighted by atomic mass is 10.1. The number of nitrogens with one attached hydrogen (secondary N) is 2. The highest BCUT2D eigenvalue weighted by Crippen LogP contribution is 2.28. The molecule has 4 nitrogen and oxygen atoms in total. The van der Waals surface area contributed by atoms with E-state index in [2.05, 4.69) is 10.3 Å². The van der Waals surface area contributed by atoms with Crippen LogP contribution in [0.25, 0.3) is 6.08 Å². The van der Waals surface area contributed by atoms with Crippen molar-refractivity contribution >= 4 is 17.5 Å². The van der Waals surface area contributed by atoms with Gasteiger partial charge in [0.2, 0.25) is 5.78 Å². The van der Waals surface area contributed by atoms with Gasteiger partial charge in [0.15, 0.2) is 0 Å². The molecular formula is C14H9N3O. The zero-order chi connectivity index (χ0) is 12.5. The van der Waals surface area contributed by atoms with Crippen molar-refractivity contribution in [2.24, 2.45) is 0 Å². The lowest BCUT2D eigenvalue weighted by Gasteiger charge is -1.96. The van der Waals surface area contributed by atoms with E-state index in [0.717, 1.165) is 11.4 Å². The molecule has 0 saturated carbocycles. The van der Waals surface area contributed by atoms with E-state index in [1.807, 2.05) is 24.3 Å². The number of hydrogen-bond donors (Lipinski definition) is 2. The number of hydrogen-bond acceptors (Lipinski definition) is 3. The lowest BCUT2D eigenvalue weighted by molar-refractivity contribution is 0.104. The van der Waals surface area contributed by atoms with Gasteiger partial charge in [-0.2, -0.15) is 5.26 Å². The third-order valence-corrected chi connectivity index (χ3v) is 2.81. The molecule has 2 heterocycles. The van der Waals surface area contributed by atoms with Crippen molar-refractivity contribution < 1.29 is 4.79 Å². The van der Waals surface area contributed by atoms with Crippen molar-refractivity contribution in [2.45, 2.75) is 0 Å². The van der Waals surface area contributed by atoms with Crippen LogP contribution in [0.5, 0.6) is 0 Å². The molecule has 0 saturated heterocycles. The molecule has 3 rings (SSSR count). The molecule has 2 aromatic rings. The zero-order valence-corrected chi connectivity index (χ0v) is 9.40. The Bertz CT molecular complexity index is 704. The third kappa shape index (κ3) is 1.59. The first-order chi connectivity index (χ1) is 8.78. The lowest BCUT2D eigenvalue weighted by Crippen LogP contribution is -1.99. The summed E-state index contributed by atoms with van der Waals surface area (Å²) in [6.45, 7) is 0. The van der Waals surface area contributed by atoms with Crippen molar-refractivity contribution in [1.82, 2.24) is 4.98 Å². The van der Waals surface area contributed by atoms with Gasteiger partial charge in [-0.3, -0.25) is 4.79 Å². The summed E-state index contributed by atoms with van der Waals surface area (Å²) in [5.74, 6) is -0.0290. The Kier molecular flexibility index (Phi) is 2.24. The molecule has 1 aliphatic heterocycles. The first-order valence-electron chi connectivity index (χ1n) is 5.49. The molecule has 0 radical (unpaired) electrons. The monoisotopic (exact) mass is 235 g/mol. The van der Waals surface area contributed by atoms with Gasteiger partial charge in [-0.05, 0) is 30.3 Å². The summed E-state index contributed by atoms with van der Waals surface area (Å²) in [6, 6.07) is 12.8. The van der Waals surface area contributed by atoms with Gasteiger partial charge in [0.05, 0.1) is 5.70 Å². The number of aromatic nitrogens is 1. The van der Waals surface area contributed by atoms with Gasteiger partial charge in [0.25, 0.3) is 0 Å². The maximum absolute atomic E-state index is 12.1.